The molecule has 6 rings (SSSR count). The number of ether oxygens (including phenoxy) is 2. The van der Waals surface area contributed by atoms with Crippen LogP contribution in [0.5, 0.6) is 11.5 Å². The minimum atomic E-state index is -0.476. The molecule has 0 spiro atoms. The summed E-state index contributed by atoms with van der Waals surface area (Å²) in [6.45, 7) is 2.51. The smallest absolute Gasteiger partial charge is 0.231 e. The molecule has 2 saturated carbocycles. The van der Waals surface area contributed by atoms with Crippen LogP contribution in [-0.4, -0.2) is 23.8 Å². The van der Waals surface area contributed by atoms with Gasteiger partial charge in [-0.2, -0.15) is 0 Å². The van der Waals surface area contributed by atoms with Crippen molar-refractivity contribution < 1.29 is 19.4 Å². The van der Waals surface area contributed by atoms with E-state index >= 15 is 0 Å². The summed E-state index contributed by atoms with van der Waals surface area (Å²) in [5.74, 6) is 5.62. The van der Waals surface area contributed by atoms with Crippen LogP contribution in [0.4, 0.5) is 0 Å². The molecule has 2 fully saturated rings. The average Bonchev–Trinajstić information content (AvgIpc) is 3.34. The fourth-order valence-electron chi connectivity index (χ4n) is 7.27. The molecular formula is C27H28O4. The fourth-order valence-corrected chi connectivity index (χ4v) is 7.27. The number of benzene rings is 1. The van der Waals surface area contributed by atoms with Crippen LogP contribution in [0.1, 0.15) is 56.9 Å². The normalized spacial score (nSPS) is 38.2. The molecule has 4 nitrogen and oxygen atoms in total. The highest BCUT2D eigenvalue weighted by molar-refractivity contribution is 5.93. The molecule has 160 valence electrons. The largest absolute Gasteiger partial charge is 0.454 e. The summed E-state index contributed by atoms with van der Waals surface area (Å²) in [6.07, 6.45) is 12.4. The van der Waals surface area contributed by atoms with Gasteiger partial charge in [0, 0.05) is 18.3 Å². The van der Waals surface area contributed by atoms with Crippen molar-refractivity contribution in [2.45, 2.75) is 57.5 Å². The van der Waals surface area contributed by atoms with E-state index in [-0.39, 0.29) is 29.8 Å². The quantitative estimate of drug-likeness (QED) is 0.683. The predicted octanol–water partition coefficient (Wildman–Crippen LogP) is 4.54. The van der Waals surface area contributed by atoms with Gasteiger partial charge in [0.15, 0.2) is 17.3 Å². The Morgan fingerprint density at radius 1 is 1.19 bits per heavy atom. The van der Waals surface area contributed by atoms with Crippen molar-refractivity contribution in [1.29, 1.82) is 0 Å². The number of ketones is 1. The summed E-state index contributed by atoms with van der Waals surface area (Å²) in [7, 11) is 0. The summed E-state index contributed by atoms with van der Waals surface area (Å²) >= 11 is 0. The van der Waals surface area contributed by atoms with E-state index < -0.39 is 6.10 Å². The molecular weight excluding hydrogens is 388 g/mol. The molecule has 1 aromatic rings. The molecule has 1 unspecified atom stereocenters. The van der Waals surface area contributed by atoms with Crippen LogP contribution in [0.15, 0.2) is 41.0 Å². The van der Waals surface area contributed by atoms with Crippen molar-refractivity contribution in [3.05, 3.63) is 46.6 Å². The van der Waals surface area contributed by atoms with E-state index in [1.54, 1.807) is 0 Å². The predicted molar refractivity (Wildman–Crippen MR) is 117 cm³/mol. The maximum absolute atomic E-state index is 12.1. The number of carbonyl (C=O) groups is 1. The fraction of sp³-hybridized carbons (Fsp3) is 0.519. The van der Waals surface area contributed by atoms with E-state index in [9.17, 15) is 9.90 Å². The van der Waals surface area contributed by atoms with Gasteiger partial charge < -0.3 is 14.6 Å². The lowest BCUT2D eigenvalue weighted by molar-refractivity contribution is -0.114. The third-order valence-electron chi connectivity index (χ3n) is 8.75. The maximum Gasteiger partial charge on any atom is 0.231 e. The number of fused-ring (bicyclic) bond motifs is 5. The van der Waals surface area contributed by atoms with Crippen molar-refractivity contribution in [3.63, 3.8) is 0 Å². The van der Waals surface area contributed by atoms with Crippen LogP contribution in [0.25, 0.3) is 0 Å². The van der Waals surface area contributed by atoms with Crippen LogP contribution >= 0.6 is 0 Å². The second-order valence-electron chi connectivity index (χ2n) is 10.2. The molecule has 1 aromatic carbocycles. The van der Waals surface area contributed by atoms with E-state index in [1.165, 1.54) is 22.3 Å². The molecule has 1 N–H and O–H groups in total. The zero-order valence-corrected chi connectivity index (χ0v) is 17.9. The Balaban J connectivity index is 1.52. The Kier molecular flexibility index (Phi) is 4.17. The molecule has 1 aliphatic heterocycles. The van der Waals surface area contributed by atoms with Gasteiger partial charge in [-0.3, -0.25) is 4.79 Å². The number of allylic oxidation sites excluding steroid dienone is 4. The first-order valence-corrected chi connectivity index (χ1v) is 11.5. The first kappa shape index (κ1) is 19.2. The van der Waals surface area contributed by atoms with Gasteiger partial charge in [-0.1, -0.05) is 18.6 Å². The molecule has 6 atom stereocenters. The van der Waals surface area contributed by atoms with Crippen molar-refractivity contribution in [2.24, 2.45) is 23.2 Å². The van der Waals surface area contributed by atoms with Gasteiger partial charge in [0.1, 0.15) is 0 Å². The first-order chi connectivity index (χ1) is 15.0. The van der Waals surface area contributed by atoms with Gasteiger partial charge >= 0.3 is 0 Å². The zero-order valence-electron chi connectivity index (χ0n) is 17.9. The van der Waals surface area contributed by atoms with Crippen LogP contribution < -0.4 is 9.47 Å². The van der Waals surface area contributed by atoms with Crippen LogP contribution in [-0.2, 0) is 4.79 Å². The minimum Gasteiger partial charge on any atom is -0.454 e. The monoisotopic (exact) mass is 416 g/mol. The molecule has 0 aromatic heterocycles. The van der Waals surface area contributed by atoms with Crippen molar-refractivity contribution in [1.82, 2.24) is 0 Å². The third kappa shape index (κ3) is 2.69. The highest BCUT2D eigenvalue weighted by atomic mass is 16.7. The topological polar surface area (TPSA) is 55.8 Å². The lowest BCUT2D eigenvalue weighted by Gasteiger charge is -2.51. The zero-order chi connectivity index (χ0) is 21.3. The lowest BCUT2D eigenvalue weighted by atomic mass is 9.53. The SMILES string of the molecule is C#CC1C[C@H]2[C@@H]3CCC4=CC(=O)CCC4=C3[C@@H](c3ccc4c(c3)OCO4)C[C@]2(C)[C@H]1O. The number of terminal acetylenes is 1. The van der Waals surface area contributed by atoms with Gasteiger partial charge in [-0.25, -0.2) is 0 Å². The molecule has 31 heavy (non-hydrogen) atoms. The molecule has 1 heterocycles. The molecule has 0 radical (unpaired) electrons. The van der Waals surface area contributed by atoms with Crippen LogP contribution in [0.2, 0.25) is 0 Å². The number of aliphatic hydroxyl groups is 1. The number of carbonyl (C=O) groups excluding carboxylic acids is 1. The van der Waals surface area contributed by atoms with Gasteiger partial charge in [-0.15, -0.1) is 12.3 Å². The number of rotatable bonds is 1. The summed E-state index contributed by atoms with van der Waals surface area (Å²) in [5, 5.41) is 11.3. The van der Waals surface area contributed by atoms with Crippen molar-refractivity contribution >= 4 is 5.78 Å². The molecule has 0 saturated heterocycles. The first-order valence-electron chi connectivity index (χ1n) is 11.5. The summed E-state index contributed by atoms with van der Waals surface area (Å²) in [6, 6.07) is 6.28. The van der Waals surface area contributed by atoms with Gasteiger partial charge in [0.25, 0.3) is 0 Å². The van der Waals surface area contributed by atoms with Crippen molar-refractivity contribution in [2.75, 3.05) is 6.79 Å². The molecule has 0 amide bonds. The molecule has 4 aliphatic carbocycles. The van der Waals surface area contributed by atoms with E-state index in [1.807, 2.05) is 12.1 Å². The summed E-state index contributed by atoms with van der Waals surface area (Å²) in [5.41, 5.74) is 5.14. The molecule has 5 aliphatic rings. The number of hydrogen-bond donors (Lipinski definition) is 1. The van der Waals surface area contributed by atoms with E-state index in [0.717, 1.165) is 43.6 Å². The van der Waals surface area contributed by atoms with Crippen LogP contribution in [0, 0.1) is 35.5 Å². The van der Waals surface area contributed by atoms with Crippen molar-refractivity contribution in [3.8, 4) is 23.8 Å². The lowest BCUT2D eigenvalue weighted by Crippen LogP contribution is -2.45. The van der Waals surface area contributed by atoms with Crippen LogP contribution in [0.3, 0.4) is 0 Å². The number of hydrogen-bond acceptors (Lipinski definition) is 4. The summed E-state index contributed by atoms with van der Waals surface area (Å²) < 4.78 is 11.2. The van der Waals surface area contributed by atoms with E-state index in [2.05, 4.69) is 25.0 Å². The van der Waals surface area contributed by atoms with E-state index in [4.69, 9.17) is 15.9 Å². The van der Waals surface area contributed by atoms with Gasteiger partial charge in [0.05, 0.1) is 6.10 Å². The highest BCUT2D eigenvalue weighted by Crippen LogP contribution is 2.65. The highest BCUT2D eigenvalue weighted by Gasteiger charge is 2.59. The third-order valence-corrected chi connectivity index (χ3v) is 8.75. The standard InChI is InChI=1S/C27H28O4/c1-3-15-11-22-20-7-4-16-10-18(28)6-8-19(16)25(20)21(13-27(22,2)26(15)29)17-5-9-23-24(12-17)31-14-30-23/h1,5,9-10,12,15,20-22,26,29H,4,6-8,11,13-14H2,2H3/t15?,20-,21+,22-,26-,27-/m0/s1. The number of aliphatic hydroxyl groups excluding tert-OH is 1. The van der Waals surface area contributed by atoms with Gasteiger partial charge in [-0.05, 0) is 84.3 Å². The Bertz CT molecular complexity index is 1070. The average molecular weight is 417 g/mol. The molecule has 4 heteroatoms. The second kappa shape index (κ2) is 6.74. The molecule has 0 bridgehead atoms. The van der Waals surface area contributed by atoms with Gasteiger partial charge in [0.2, 0.25) is 6.79 Å². The minimum absolute atomic E-state index is 0.0818. The Hall–Kier alpha value is -2.51. The Labute approximate surface area is 183 Å². The maximum atomic E-state index is 12.1. The summed E-state index contributed by atoms with van der Waals surface area (Å²) in [4.78, 5) is 12.1. The van der Waals surface area contributed by atoms with E-state index in [0.29, 0.717) is 18.3 Å². The Morgan fingerprint density at radius 3 is 2.87 bits per heavy atom. The second-order valence-corrected chi connectivity index (χ2v) is 10.2. The Morgan fingerprint density at radius 2 is 2.03 bits per heavy atom.